The first-order valence-electron chi connectivity index (χ1n) is 12.3. The first-order valence-corrected chi connectivity index (χ1v) is 12.3. The van der Waals surface area contributed by atoms with Gasteiger partial charge in [-0.05, 0) is 56.8 Å². The lowest BCUT2D eigenvalue weighted by molar-refractivity contribution is -0.121. The highest BCUT2D eigenvalue weighted by Crippen LogP contribution is 2.22. The Bertz CT molecular complexity index is 1340. The topological polar surface area (TPSA) is 97.1 Å². The van der Waals surface area contributed by atoms with E-state index < -0.39 is 0 Å². The number of rotatable bonds is 11. The molecule has 2 aromatic carbocycles. The normalized spacial score (nSPS) is 11.0. The van der Waals surface area contributed by atoms with Crippen molar-refractivity contribution in [3.8, 4) is 16.8 Å². The number of hydrogen-bond donors (Lipinski definition) is 2. The molecule has 2 heterocycles. The van der Waals surface area contributed by atoms with Crippen molar-refractivity contribution in [3.63, 3.8) is 0 Å². The average Bonchev–Trinajstić information content (AvgIpc) is 3.50. The van der Waals surface area contributed by atoms with Gasteiger partial charge in [0.25, 0.3) is 5.91 Å². The van der Waals surface area contributed by atoms with Crippen LogP contribution in [0.15, 0.2) is 73.2 Å². The summed E-state index contributed by atoms with van der Waals surface area (Å²) in [6.07, 6.45) is 7.32. The van der Waals surface area contributed by atoms with Crippen molar-refractivity contribution in [1.82, 2.24) is 29.5 Å². The second-order valence-electron chi connectivity index (χ2n) is 9.21. The molecule has 0 aliphatic carbocycles. The molecule has 0 saturated carbocycles. The Morgan fingerprint density at radius 2 is 1.81 bits per heavy atom. The van der Waals surface area contributed by atoms with E-state index in [0.717, 1.165) is 29.1 Å². The van der Waals surface area contributed by atoms with Crippen LogP contribution in [-0.4, -0.2) is 63.2 Å². The van der Waals surface area contributed by atoms with Crippen molar-refractivity contribution in [2.24, 2.45) is 7.05 Å². The monoisotopic (exact) mass is 499 g/mol. The molecule has 4 aromatic rings. The molecule has 0 spiro atoms. The summed E-state index contributed by atoms with van der Waals surface area (Å²) in [4.78, 5) is 32.1. The van der Waals surface area contributed by atoms with E-state index in [2.05, 4.69) is 15.7 Å². The summed E-state index contributed by atoms with van der Waals surface area (Å²) in [5.74, 6) is 0.222. The Kier molecular flexibility index (Phi) is 8.48. The summed E-state index contributed by atoms with van der Waals surface area (Å²) in [5.41, 5.74) is 4.08. The number of para-hydroxylation sites is 1. The lowest BCUT2D eigenvalue weighted by Crippen LogP contribution is -2.31. The van der Waals surface area contributed by atoms with Crippen LogP contribution in [-0.2, 0) is 18.3 Å². The standard InChI is InChI=1S/C28H33N7O2/c1-33(2)16-15-29-26(36)14-8-11-24-20-35(25-12-5-4-6-13-25)28(31-24)32-27(37)22-10-7-9-21(17-22)23-18-30-34(3)19-23/h4-7,9-10,12-13,17-20H,8,11,14-16H2,1-3H3,(H,29,36)(H,31,32,37). The number of amides is 2. The van der Waals surface area contributed by atoms with Gasteiger partial charge < -0.3 is 10.2 Å². The van der Waals surface area contributed by atoms with E-state index in [9.17, 15) is 9.59 Å². The molecule has 0 radical (unpaired) electrons. The minimum Gasteiger partial charge on any atom is -0.355 e. The summed E-state index contributed by atoms with van der Waals surface area (Å²) in [6, 6.07) is 17.2. The summed E-state index contributed by atoms with van der Waals surface area (Å²) in [6.45, 7) is 1.44. The van der Waals surface area contributed by atoms with Gasteiger partial charge in [-0.15, -0.1) is 0 Å². The summed E-state index contributed by atoms with van der Waals surface area (Å²) in [5, 5.41) is 10.1. The van der Waals surface area contributed by atoms with Crippen LogP contribution in [0.3, 0.4) is 0 Å². The van der Waals surface area contributed by atoms with Gasteiger partial charge in [-0.2, -0.15) is 5.10 Å². The van der Waals surface area contributed by atoms with Crippen molar-refractivity contribution in [2.45, 2.75) is 19.3 Å². The van der Waals surface area contributed by atoms with Gasteiger partial charge >= 0.3 is 0 Å². The van der Waals surface area contributed by atoms with Crippen LogP contribution < -0.4 is 10.6 Å². The Morgan fingerprint density at radius 3 is 2.54 bits per heavy atom. The van der Waals surface area contributed by atoms with Crippen LogP contribution >= 0.6 is 0 Å². The molecule has 9 heteroatoms. The zero-order valence-electron chi connectivity index (χ0n) is 21.5. The number of anilines is 1. The molecule has 0 fully saturated rings. The molecule has 0 unspecified atom stereocenters. The number of hydrogen-bond acceptors (Lipinski definition) is 5. The van der Waals surface area contributed by atoms with E-state index in [1.165, 1.54) is 0 Å². The molecule has 2 amide bonds. The summed E-state index contributed by atoms with van der Waals surface area (Å²) >= 11 is 0. The molecule has 4 rings (SSSR count). The fourth-order valence-corrected chi connectivity index (χ4v) is 3.94. The molecule has 2 aromatic heterocycles. The van der Waals surface area contributed by atoms with Crippen molar-refractivity contribution in [1.29, 1.82) is 0 Å². The lowest BCUT2D eigenvalue weighted by atomic mass is 10.1. The number of nitrogens with one attached hydrogen (secondary N) is 2. The fraction of sp³-hybridized carbons (Fsp3) is 0.286. The van der Waals surface area contributed by atoms with Crippen LogP contribution in [0.5, 0.6) is 0 Å². The number of benzene rings is 2. The Hall–Kier alpha value is -4.24. The second kappa shape index (κ2) is 12.1. The number of carbonyl (C=O) groups excluding carboxylic acids is 2. The van der Waals surface area contributed by atoms with E-state index in [0.29, 0.717) is 37.3 Å². The van der Waals surface area contributed by atoms with Crippen LogP contribution in [0.25, 0.3) is 16.8 Å². The summed E-state index contributed by atoms with van der Waals surface area (Å²) < 4.78 is 3.60. The van der Waals surface area contributed by atoms with Crippen LogP contribution in [0.4, 0.5) is 5.95 Å². The highest BCUT2D eigenvalue weighted by molar-refractivity contribution is 6.04. The van der Waals surface area contributed by atoms with Gasteiger partial charge in [0.1, 0.15) is 0 Å². The molecule has 37 heavy (non-hydrogen) atoms. The largest absolute Gasteiger partial charge is 0.355 e. The zero-order chi connectivity index (χ0) is 26.2. The second-order valence-corrected chi connectivity index (χ2v) is 9.21. The number of likely N-dealkylation sites (N-methyl/N-ethyl adjacent to an activating group) is 1. The van der Waals surface area contributed by atoms with E-state index in [4.69, 9.17) is 4.98 Å². The molecule has 0 bridgehead atoms. The van der Waals surface area contributed by atoms with E-state index in [1.807, 2.05) is 91.5 Å². The quantitative estimate of drug-likeness (QED) is 0.329. The third kappa shape index (κ3) is 7.14. The van der Waals surface area contributed by atoms with Crippen molar-refractivity contribution in [2.75, 3.05) is 32.5 Å². The molecule has 9 nitrogen and oxygen atoms in total. The molecular weight excluding hydrogens is 466 g/mol. The third-order valence-electron chi connectivity index (χ3n) is 5.90. The summed E-state index contributed by atoms with van der Waals surface area (Å²) in [7, 11) is 5.81. The third-order valence-corrected chi connectivity index (χ3v) is 5.90. The van der Waals surface area contributed by atoms with Crippen LogP contribution in [0.1, 0.15) is 28.9 Å². The minimum atomic E-state index is -0.250. The number of carbonyl (C=O) groups is 2. The van der Waals surface area contributed by atoms with Crippen LogP contribution in [0.2, 0.25) is 0 Å². The van der Waals surface area contributed by atoms with Crippen molar-refractivity contribution in [3.05, 3.63) is 84.4 Å². The molecule has 2 N–H and O–H groups in total. The predicted octanol–water partition coefficient (Wildman–Crippen LogP) is 3.53. The first kappa shape index (κ1) is 25.8. The molecule has 192 valence electrons. The number of aromatic nitrogens is 4. The smallest absolute Gasteiger partial charge is 0.258 e. The highest BCUT2D eigenvalue weighted by Gasteiger charge is 2.15. The first-order chi connectivity index (χ1) is 17.9. The van der Waals surface area contributed by atoms with E-state index >= 15 is 0 Å². The SMILES string of the molecule is CN(C)CCNC(=O)CCCc1cn(-c2ccccc2)c(NC(=O)c2cccc(-c3cnn(C)c3)c2)n1. The highest BCUT2D eigenvalue weighted by atomic mass is 16.2. The van der Waals surface area contributed by atoms with Crippen LogP contribution in [0, 0.1) is 0 Å². The van der Waals surface area contributed by atoms with Gasteiger partial charge in [0, 0.05) is 55.8 Å². The Morgan fingerprint density at radius 1 is 1.00 bits per heavy atom. The molecule has 0 aliphatic rings. The molecule has 0 aliphatic heterocycles. The predicted molar refractivity (Wildman–Crippen MR) is 145 cm³/mol. The number of nitrogens with zero attached hydrogens (tertiary/aromatic N) is 5. The number of aryl methyl sites for hydroxylation is 2. The fourth-order valence-electron chi connectivity index (χ4n) is 3.94. The van der Waals surface area contributed by atoms with E-state index in [-0.39, 0.29) is 11.8 Å². The van der Waals surface area contributed by atoms with E-state index in [1.54, 1.807) is 16.9 Å². The van der Waals surface area contributed by atoms with Gasteiger partial charge in [0.05, 0.1) is 11.9 Å². The van der Waals surface area contributed by atoms with Gasteiger partial charge in [0.2, 0.25) is 11.9 Å². The maximum Gasteiger partial charge on any atom is 0.258 e. The molecule has 0 saturated heterocycles. The maximum absolute atomic E-state index is 13.2. The zero-order valence-corrected chi connectivity index (χ0v) is 21.5. The van der Waals surface area contributed by atoms with Gasteiger partial charge in [-0.3, -0.25) is 24.2 Å². The maximum atomic E-state index is 13.2. The van der Waals surface area contributed by atoms with Crippen molar-refractivity contribution < 1.29 is 9.59 Å². The Balaban J connectivity index is 1.46. The lowest BCUT2D eigenvalue weighted by Gasteiger charge is -2.10. The molecular formula is C28H33N7O2. The van der Waals surface area contributed by atoms with Gasteiger partial charge in [-0.1, -0.05) is 30.3 Å². The van der Waals surface area contributed by atoms with Crippen molar-refractivity contribution >= 4 is 17.8 Å². The Labute approximate surface area is 217 Å². The number of imidazole rings is 1. The van der Waals surface area contributed by atoms with Gasteiger partial charge in [0.15, 0.2) is 0 Å². The minimum absolute atomic E-state index is 0.0337. The molecule has 0 atom stereocenters. The average molecular weight is 500 g/mol. The van der Waals surface area contributed by atoms with Gasteiger partial charge in [-0.25, -0.2) is 4.98 Å².